The number of amides is 1. The Morgan fingerprint density at radius 3 is 2.96 bits per heavy atom. The molecule has 1 amide bonds. The van der Waals surface area contributed by atoms with Crippen LogP contribution in [-0.4, -0.2) is 49.1 Å². The largest absolute Gasteiger partial charge is 0.381 e. The van der Waals surface area contributed by atoms with E-state index in [9.17, 15) is 9.59 Å². The third-order valence-electron chi connectivity index (χ3n) is 5.31. The number of nitrogens with zero attached hydrogens (tertiary/aromatic N) is 1. The molecule has 0 saturated carbocycles. The summed E-state index contributed by atoms with van der Waals surface area (Å²) in [5.41, 5.74) is 2.85. The van der Waals surface area contributed by atoms with Gasteiger partial charge in [0, 0.05) is 43.9 Å². The Labute approximate surface area is 159 Å². The Morgan fingerprint density at radius 2 is 2.22 bits per heavy atom. The first kappa shape index (κ1) is 19.6. The predicted molar refractivity (Wildman–Crippen MR) is 107 cm³/mol. The summed E-state index contributed by atoms with van der Waals surface area (Å²) < 4.78 is 5.47. The molecule has 1 aromatic heterocycles. The van der Waals surface area contributed by atoms with Crippen molar-refractivity contribution in [2.45, 2.75) is 32.7 Å². The number of nitrogens with one attached hydrogen (secondary N) is 2. The highest BCUT2D eigenvalue weighted by Gasteiger charge is 2.17. The van der Waals surface area contributed by atoms with Crippen molar-refractivity contribution in [3.8, 4) is 0 Å². The number of aryl methyl sites for hydroxylation is 1. The molecule has 2 aromatic rings. The minimum absolute atomic E-state index is 0.00424. The van der Waals surface area contributed by atoms with Crippen LogP contribution in [0.5, 0.6) is 0 Å². The molecule has 0 aliphatic carbocycles. The van der Waals surface area contributed by atoms with Gasteiger partial charge in [-0.2, -0.15) is 0 Å². The van der Waals surface area contributed by atoms with Crippen LogP contribution in [0.25, 0.3) is 10.9 Å². The highest BCUT2D eigenvalue weighted by atomic mass is 16.5. The van der Waals surface area contributed by atoms with Gasteiger partial charge in [-0.15, -0.1) is 0 Å². The molecule has 0 bridgehead atoms. The van der Waals surface area contributed by atoms with Gasteiger partial charge < -0.3 is 15.0 Å². The lowest BCUT2D eigenvalue weighted by Crippen LogP contribution is -2.33. The molecule has 0 spiro atoms. The Hall–Kier alpha value is -2.18. The van der Waals surface area contributed by atoms with Gasteiger partial charge >= 0.3 is 0 Å². The Bertz CT molecular complexity index is 812. The van der Waals surface area contributed by atoms with Gasteiger partial charge in [-0.1, -0.05) is 19.1 Å². The van der Waals surface area contributed by atoms with Crippen molar-refractivity contribution in [1.29, 1.82) is 0 Å². The van der Waals surface area contributed by atoms with E-state index in [0.29, 0.717) is 12.5 Å². The molecule has 1 saturated heterocycles. The van der Waals surface area contributed by atoms with Crippen LogP contribution in [0.15, 0.2) is 29.1 Å². The van der Waals surface area contributed by atoms with E-state index in [1.54, 1.807) is 0 Å². The third-order valence-corrected chi connectivity index (χ3v) is 5.31. The zero-order valence-electron chi connectivity index (χ0n) is 16.0. The van der Waals surface area contributed by atoms with Gasteiger partial charge in [-0.3, -0.25) is 14.5 Å². The van der Waals surface area contributed by atoms with Crippen molar-refractivity contribution >= 4 is 17.3 Å². The molecule has 27 heavy (non-hydrogen) atoms. The van der Waals surface area contributed by atoms with Crippen molar-refractivity contribution in [2.24, 2.45) is 5.92 Å². The monoisotopic (exact) mass is 371 g/mol. The first-order valence-corrected chi connectivity index (χ1v) is 9.81. The number of fused-ring (bicyclic) bond motifs is 1. The lowest BCUT2D eigenvalue weighted by atomic mass is 10.0. The Balaban J connectivity index is 1.70. The lowest BCUT2D eigenvalue weighted by Gasteiger charge is -2.23. The van der Waals surface area contributed by atoms with Crippen LogP contribution in [0.1, 0.15) is 30.9 Å². The fourth-order valence-electron chi connectivity index (χ4n) is 3.64. The molecule has 0 radical (unpaired) electrons. The van der Waals surface area contributed by atoms with Crippen molar-refractivity contribution in [3.05, 3.63) is 45.7 Å². The smallest absolute Gasteiger partial charge is 0.251 e. The van der Waals surface area contributed by atoms with Crippen molar-refractivity contribution in [2.75, 3.05) is 32.8 Å². The standard InChI is InChI=1S/C21H29N3O3/c1-2-18-12-19-4-3-17(11-20(19)23-21(18)26)13-24(9-7-22-15-25)8-5-16-6-10-27-14-16/h3-4,11-12,15-16H,2,5-10,13-14H2,1H3,(H,22,25)(H,23,26). The highest BCUT2D eigenvalue weighted by Crippen LogP contribution is 2.19. The normalized spacial score (nSPS) is 16.9. The lowest BCUT2D eigenvalue weighted by molar-refractivity contribution is -0.109. The fraction of sp³-hybridized carbons (Fsp3) is 0.524. The maximum atomic E-state index is 12.1. The molecule has 146 valence electrons. The zero-order chi connectivity index (χ0) is 19.1. The van der Waals surface area contributed by atoms with E-state index < -0.39 is 0 Å². The van der Waals surface area contributed by atoms with E-state index in [1.807, 2.05) is 13.0 Å². The molecule has 6 nitrogen and oxygen atoms in total. The highest BCUT2D eigenvalue weighted by molar-refractivity contribution is 5.79. The molecule has 1 aromatic carbocycles. The molecule has 1 unspecified atom stereocenters. The number of carbonyl (C=O) groups is 1. The van der Waals surface area contributed by atoms with E-state index in [-0.39, 0.29) is 5.56 Å². The molecule has 1 aliphatic rings. The second-order valence-corrected chi connectivity index (χ2v) is 7.27. The molecule has 6 heteroatoms. The van der Waals surface area contributed by atoms with Crippen LogP contribution in [0.4, 0.5) is 0 Å². The molecule has 1 fully saturated rings. The van der Waals surface area contributed by atoms with Gasteiger partial charge in [0.05, 0.1) is 0 Å². The Morgan fingerprint density at radius 1 is 1.33 bits per heavy atom. The second-order valence-electron chi connectivity index (χ2n) is 7.27. The predicted octanol–water partition coefficient (Wildman–Crippen LogP) is 2.07. The first-order chi connectivity index (χ1) is 13.2. The van der Waals surface area contributed by atoms with Crippen LogP contribution in [0.3, 0.4) is 0 Å². The number of hydrogen-bond acceptors (Lipinski definition) is 4. The van der Waals surface area contributed by atoms with Crippen LogP contribution in [0.2, 0.25) is 0 Å². The summed E-state index contributed by atoms with van der Waals surface area (Å²) in [5.74, 6) is 0.631. The summed E-state index contributed by atoms with van der Waals surface area (Å²) in [4.78, 5) is 28.0. The average molecular weight is 371 g/mol. The number of aromatic nitrogens is 1. The molecule has 3 rings (SSSR count). The quantitative estimate of drug-likeness (QED) is 0.495. The van der Waals surface area contributed by atoms with Crippen LogP contribution >= 0.6 is 0 Å². The fourth-order valence-corrected chi connectivity index (χ4v) is 3.64. The van der Waals surface area contributed by atoms with E-state index in [2.05, 4.69) is 33.4 Å². The molecule has 2 N–H and O–H groups in total. The van der Waals surface area contributed by atoms with E-state index in [0.717, 1.165) is 80.6 Å². The van der Waals surface area contributed by atoms with Crippen LogP contribution in [-0.2, 0) is 22.5 Å². The number of hydrogen-bond donors (Lipinski definition) is 2. The van der Waals surface area contributed by atoms with Gasteiger partial charge in [0.25, 0.3) is 5.56 Å². The van der Waals surface area contributed by atoms with Crippen LogP contribution < -0.4 is 10.9 Å². The molecule has 2 heterocycles. The summed E-state index contributed by atoms with van der Waals surface area (Å²) in [6.45, 7) is 6.92. The second kappa shape index (κ2) is 9.67. The maximum Gasteiger partial charge on any atom is 0.251 e. The van der Waals surface area contributed by atoms with Gasteiger partial charge in [0.1, 0.15) is 0 Å². The average Bonchev–Trinajstić information content (AvgIpc) is 3.19. The summed E-state index contributed by atoms with van der Waals surface area (Å²) in [5, 5.41) is 3.81. The van der Waals surface area contributed by atoms with Gasteiger partial charge in [0.15, 0.2) is 0 Å². The number of rotatable bonds is 10. The van der Waals surface area contributed by atoms with Gasteiger partial charge in [-0.25, -0.2) is 0 Å². The van der Waals surface area contributed by atoms with E-state index in [4.69, 9.17) is 4.74 Å². The van der Waals surface area contributed by atoms with Crippen LogP contribution in [0, 0.1) is 5.92 Å². The minimum Gasteiger partial charge on any atom is -0.381 e. The Kier molecular flexibility index (Phi) is 7.01. The number of carbonyl (C=O) groups excluding carboxylic acids is 1. The van der Waals surface area contributed by atoms with Crippen molar-refractivity contribution < 1.29 is 9.53 Å². The summed E-state index contributed by atoms with van der Waals surface area (Å²) in [6.07, 6.45) is 3.72. The summed E-state index contributed by atoms with van der Waals surface area (Å²) in [7, 11) is 0. The summed E-state index contributed by atoms with van der Waals surface area (Å²) >= 11 is 0. The van der Waals surface area contributed by atoms with Gasteiger partial charge in [0.2, 0.25) is 6.41 Å². The van der Waals surface area contributed by atoms with E-state index >= 15 is 0 Å². The van der Waals surface area contributed by atoms with Crippen molar-refractivity contribution in [1.82, 2.24) is 15.2 Å². The SMILES string of the molecule is CCc1cc2ccc(CN(CCNC=O)CCC3CCOC3)cc2[nH]c1=O. The number of H-pyrrole nitrogens is 1. The number of ether oxygens (including phenoxy) is 1. The topological polar surface area (TPSA) is 74.4 Å². The maximum absolute atomic E-state index is 12.1. The third kappa shape index (κ3) is 5.40. The van der Waals surface area contributed by atoms with Crippen molar-refractivity contribution in [3.63, 3.8) is 0 Å². The zero-order valence-corrected chi connectivity index (χ0v) is 16.0. The number of pyridine rings is 1. The molecule has 1 atom stereocenters. The number of benzene rings is 1. The van der Waals surface area contributed by atoms with E-state index in [1.165, 1.54) is 0 Å². The molecular weight excluding hydrogens is 342 g/mol. The molecular formula is C21H29N3O3. The minimum atomic E-state index is -0.00424. The van der Waals surface area contributed by atoms with Gasteiger partial charge in [-0.05, 0) is 54.8 Å². The first-order valence-electron chi connectivity index (χ1n) is 9.81. The number of aromatic amines is 1. The molecule has 1 aliphatic heterocycles. The summed E-state index contributed by atoms with van der Waals surface area (Å²) in [6, 6.07) is 8.24.